The molecule has 1 aromatic heterocycles. The van der Waals surface area contributed by atoms with E-state index < -0.39 is 0 Å². The second-order valence-corrected chi connectivity index (χ2v) is 4.58. The zero-order valence-corrected chi connectivity index (χ0v) is 11.1. The Hall–Kier alpha value is -1.83. The van der Waals surface area contributed by atoms with E-state index in [1.54, 1.807) is 12.3 Å². The topological polar surface area (TPSA) is 30.2 Å². The molecule has 0 fully saturated rings. The quantitative estimate of drug-likeness (QED) is 0.761. The summed E-state index contributed by atoms with van der Waals surface area (Å²) in [5, 5.41) is 0. The molecule has 2 rings (SSSR count). The van der Waals surface area contributed by atoms with E-state index in [-0.39, 0.29) is 5.78 Å². The number of carbonyl (C=O) groups is 1. The molecule has 2 aromatic rings. The van der Waals surface area contributed by atoms with Crippen molar-refractivity contribution in [1.82, 2.24) is 0 Å². The molecule has 94 valence electrons. The predicted molar refractivity (Wildman–Crippen MR) is 72.0 cm³/mol. The van der Waals surface area contributed by atoms with Crippen molar-refractivity contribution in [3.05, 3.63) is 58.5 Å². The standard InChI is InChI=1S/C16H18O2/c1-4-16-13(8-9-18-16)15(17)10-14-11(2)6-5-7-12(14)3/h5-9H,4,10H2,1-3H3. The highest BCUT2D eigenvalue weighted by atomic mass is 16.3. The Balaban J connectivity index is 2.27. The molecule has 0 aliphatic rings. The van der Waals surface area contributed by atoms with Gasteiger partial charge in [-0.3, -0.25) is 4.79 Å². The maximum absolute atomic E-state index is 12.3. The van der Waals surface area contributed by atoms with Crippen molar-refractivity contribution in [2.24, 2.45) is 0 Å². The van der Waals surface area contributed by atoms with Gasteiger partial charge in [0.05, 0.1) is 11.8 Å². The van der Waals surface area contributed by atoms with Crippen molar-refractivity contribution >= 4 is 5.78 Å². The molecule has 0 amide bonds. The van der Waals surface area contributed by atoms with Crippen LogP contribution < -0.4 is 0 Å². The molecular weight excluding hydrogens is 224 g/mol. The molecule has 1 heterocycles. The monoisotopic (exact) mass is 242 g/mol. The Kier molecular flexibility index (Phi) is 3.66. The number of furan rings is 1. The van der Waals surface area contributed by atoms with E-state index in [1.807, 2.05) is 39.0 Å². The fourth-order valence-electron chi connectivity index (χ4n) is 2.25. The maximum Gasteiger partial charge on any atom is 0.170 e. The number of ketones is 1. The summed E-state index contributed by atoms with van der Waals surface area (Å²) in [6.45, 7) is 6.09. The van der Waals surface area contributed by atoms with Gasteiger partial charge in [0.2, 0.25) is 0 Å². The minimum atomic E-state index is 0.137. The molecule has 0 unspecified atom stereocenters. The number of hydrogen-bond acceptors (Lipinski definition) is 2. The van der Waals surface area contributed by atoms with Crippen molar-refractivity contribution in [1.29, 1.82) is 0 Å². The van der Waals surface area contributed by atoms with Gasteiger partial charge in [-0.05, 0) is 36.6 Å². The van der Waals surface area contributed by atoms with Crippen molar-refractivity contribution in [3.8, 4) is 0 Å². The Bertz CT molecular complexity index is 544. The number of hydrogen-bond donors (Lipinski definition) is 0. The number of aryl methyl sites for hydroxylation is 3. The van der Waals surface area contributed by atoms with E-state index in [0.29, 0.717) is 6.42 Å². The predicted octanol–water partition coefficient (Wildman–Crippen LogP) is 3.88. The molecule has 0 spiro atoms. The van der Waals surface area contributed by atoms with Crippen LogP contribution in [-0.2, 0) is 12.8 Å². The molecule has 2 nitrogen and oxygen atoms in total. The fraction of sp³-hybridized carbons (Fsp3) is 0.312. The zero-order chi connectivity index (χ0) is 13.1. The summed E-state index contributed by atoms with van der Waals surface area (Å²) in [4.78, 5) is 12.3. The average molecular weight is 242 g/mol. The highest BCUT2D eigenvalue weighted by molar-refractivity contribution is 5.98. The van der Waals surface area contributed by atoms with E-state index >= 15 is 0 Å². The lowest BCUT2D eigenvalue weighted by Gasteiger charge is -2.08. The molecule has 0 atom stereocenters. The maximum atomic E-state index is 12.3. The molecular formula is C16H18O2. The normalized spacial score (nSPS) is 10.6. The molecule has 0 N–H and O–H groups in total. The van der Waals surface area contributed by atoms with E-state index in [9.17, 15) is 4.79 Å². The van der Waals surface area contributed by atoms with Gasteiger partial charge in [-0.1, -0.05) is 25.1 Å². The third kappa shape index (κ3) is 2.37. The molecule has 0 bridgehead atoms. The summed E-state index contributed by atoms with van der Waals surface area (Å²) in [6.07, 6.45) is 2.79. The lowest BCUT2D eigenvalue weighted by atomic mass is 9.95. The first-order valence-corrected chi connectivity index (χ1v) is 6.28. The molecule has 0 aliphatic carbocycles. The van der Waals surface area contributed by atoms with Crippen LogP contribution in [0.2, 0.25) is 0 Å². The summed E-state index contributed by atoms with van der Waals surface area (Å²) < 4.78 is 5.31. The van der Waals surface area contributed by atoms with Crippen molar-refractivity contribution in [2.75, 3.05) is 0 Å². The van der Waals surface area contributed by atoms with Crippen LogP contribution in [0, 0.1) is 13.8 Å². The Morgan fingerprint density at radius 1 is 1.17 bits per heavy atom. The lowest BCUT2D eigenvalue weighted by Crippen LogP contribution is -2.07. The van der Waals surface area contributed by atoms with Gasteiger partial charge >= 0.3 is 0 Å². The van der Waals surface area contributed by atoms with Gasteiger partial charge in [-0.2, -0.15) is 0 Å². The average Bonchev–Trinajstić information content (AvgIpc) is 2.82. The van der Waals surface area contributed by atoms with Gasteiger partial charge in [0.15, 0.2) is 5.78 Å². The highest BCUT2D eigenvalue weighted by Gasteiger charge is 2.15. The van der Waals surface area contributed by atoms with Crippen LogP contribution in [0.5, 0.6) is 0 Å². The first kappa shape index (κ1) is 12.6. The fourth-order valence-corrected chi connectivity index (χ4v) is 2.25. The Labute approximate surface area is 108 Å². The number of Topliss-reactive ketones (excluding diaryl/α,β-unsaturated/α-hetero) is 1. The van der Waals surface area contributed by atoms with E-state index in [0.717, 1.165) is 23.3 Å². The molecule has 0 saturated carbocycles. The molecule has 1 aromatic carbocycles. The van der Waals surface area contributed by atoms with Gasteiger partial charge in [0.25, 0.3) is 0 Å². The van der Waals surface area contributed by atoms with Crippen LogP contribution >= 0.6 is 0 Å². The largest absolute Gasteiger partial charge is 0.469 e. The Morgan fingerprint density at radius 2 is 1.83 bits per heavy atom. The van der Waals surface area contributed by atoms with E-state index in [4.69, 9.17) is 4.42 Å². The van der Waals surface area contributed by atoms with Crippen LogP contribution in [0.15, 0.2) is 34.9 Å². The molecule has 18 heavy (non-hydrogen) atoms. The molecule has 0 aliphatic heterocycles. The third-order valence-electron chi connectivity index (χ3n) is 3.35. The zero-order valence-electron chi connectivity index (χ0n) is 11.1. The summed E-state index contributed by atoms with van der Waals surface area (Å²) in [7, 11) is 0. The molecule has 0 saturated heterocycles. The molecule has 0 radical (unpaired) electrons. The summed E-state index contributed by atoms with van der Waals surface area (Å²) in [5.41, 5.74) is 4.20. The number of rotatable bonds is 4. The van der Waals surface area contributed by atoms with Crippen molar-refractivity contribution in [3.63, 3.8) is 0 Å². The summed E-state index contributed by atoms with van der Waals surface area (Å²) in [5.74, 6) is 0.921. The minimum absolute atomic E-state index is 0.137. The van der Waals surface area contributed by atoms with Gasteiger partial charge in [-0.25, -0.2) is 0 Å². The van der Waals surface area contributed by atoms with Gasteiger partial charge in [0.1, 0.15) is 5.76 Å². The molecule has 2 heteroatoms. The van der Waals surface area contributed by atoms with Crippen LogP contribution in [0.3, 0.4) is 0 Å². The third-order valence-corrected chi connectivity index (χ3v) is 3.35. The minimum Gasteiger partial charge on any atom is -0.469 e. The van der Waals surface area contributed by atoms with Gasteiger partial charge in [-0.15, -0.1) is 0 Å². The van der Waals surface area contributed by atoms with Crippen molar-refractivity contribution < 1.29 is 9.21 Å². The van der Waals surface area contributed by atoms with Crippen LogP contribution in [0.25, 0.3) is 0 Å². The van der Waals surface area contributed by atoms with Crippen LogP contribution in [0.4, 0.5) is 0 Å². The number of benzene rings is 1. The van der Waals surface area contributed by atoms with Crippen LogP contribution in [0.1, 0.15) is 39.7 Å². The van der Waals surface area contributed by atoms with E-state index in [2.05, 4.69) is 0 Å². The van der Waals surface area contributed by atoms with Gasteiger partial charge in [0, 0.05) is 12.8 Å². The first-order valence-electron chi connectivity index (χ1n) is 6.28. The second kappa shape index (κ2) is 5.21. The SMILES string of the molecule is CCc1occc1C(=O)Cc1c(C)cccc1C. The summed E-state index contributed by atoms with van der Waals surface area (Å²) >= 11 is 0. The second-order valence-electron chi connectivity index (χ2n) is 4.58. The van der Waals surface area contributed by atoms with Gasteiger partial charge < -0.3 is 4.42 Å². The summed E-state index contributed by atoms with van der Waals surface area (Å²) in [6, 6.07) is 7.89. The lowest BCUT2D eigenvalue weighted by molar-refractivity contribution is 0.0990. The number of carbonyl (C=O) groups excluding carboxylic acids is 1. The van der Waals surface area contributed by atoms with Crippen LogP contribution in [-0.4, -0.2) is 5.78 Å². The van der Waals surface area contributed by atoms with Crippen molar-refractivity contribution in [2.45, 2.75) is 33.6 Å². The van der Waals surface area contributed by atoms with E-state index in [1.165, 1.54) is 11.1 Å². The first-order chi connectivity index (χ1) is 8.63. The highest BCUT2D eigenvalue weighted by Crippen LogP contribution is 2.19. The Morgan fingerprint density at radius 3 is 2.44 bits per heavy atom. The smallest absolute Gasteiger partial charge is 0.170 e.